The van der Waals surface area contributed by atoms with Crippen LogP contribution in [0.15, 0.2) is 66.0 Å². The molecule has 0 N–H and O–H groups in total. The number of halogens is 1. The predicted molar refractivity (Wildman–Crippen MR) is 130 cm³/mol. The highest BCUT2D eigenvalue weighted by atomic mass is 35.5. The van der Waals surface area contributed by atoms with E-state index in [4.69, 9.17) is 21.1 Å². The molecule has 0 aliphatic carbocycles. The van der Waals surface area contributed by atoms with E-state index in [0.717, 1.165) is 27.6 Å². The summed E-state index contributed by atoms with van der Waals surface area (Å²) in [7, 11) is 3.31. The molecule has 4 rings (SSSR count). The molecule has 0 saturated heterocycles. The highest BCUT2D eigenvalue weighted by Crippen LogP contribution is 2.25. The summed E-state index contributed by atoms with van der Waals surface area (Å²) < 4.78 is 10.4. The molecule has 1 heterocycles. The van der Waals surface area contributed by atoms with Crippen LogP contribution in [0.25, 0.3) is 21.3 Å². The van der Waals surface area contributed by atoms with E-state index in [0.29, 0.717) is 16.6 Å². The average molecular weight is 481 g/mol. The lowest BCUT2D eigenvalue weighted by Gasteiger charge is -2.17. The standard InChI is InChI=1S/C25H21ClN2O4S/c1-28(13-16-3-4-19-12-21(31-2)10-7-18(19)11-16)23(29)14-32-25(30)22-15-33-24(27-22)17-5-8-20(26)9-6-17/h3-12,15H,13-14H2,1-2H3. The molecule has 1 aromatic heterocycles. The summed E-state index contributed by atoms with van der Waals surface area (Å²) in [4.78, 5) is 30.7. The largest absolute Gasteiger partial charge is 0.497 e. The van der Waals surface area contributed by atoms with Crippen molar-refractivity contribution in [2.45, 2.75) is 6.54 Å². The molecule has 0 unspecified atom stereocenters. The van der Waals surface area contributed by atoms with E-state index in [1.807, 2.05) is 48.5 Å². The number of benzene rings is 3. The number of nitrogens with zero attached hydrogens (tertiary/aromatic N) is 2. The van der Waals surface area contributed by atoms with Gasteiger partial charge in [-0.3, -0.25) is 4.79 Å². The molecular formula is C25H21ClN2O4S. The molecule has 0 aliphatic rings. The van der Waals surface area contributed by atoms with E-state index >= 15 is 0 Å². The van der Waals surface area contributed by atoms with Crippen LogP contribution in [-0.2, 0) is 16.1 Å². The van der Waals surface area contributed by atoms with Gasteiger partial charge in [-0.15, -0.1) is 11.3 Å². The molecule has 0 fully saturated rings. The van der Waals surface area contributed by atoms with E-state index < -0.39 is 5.97 Å². The third-order valence-corrected chi connectivity index (χ3v) is 6.23. The van der Waals surface area contributed by atoms with Crippen molar-refractivity contribution in [3.05, 3.63) is 82.3 Å². The van der Waals surface area contributed by atoms with Gasteiger partial charge < -0.3 is 14.4 Å². The quantitative estimate of drug-likeness (QED) is 0.329. The zero-order valence-electron chi connectivity index (χ0n) is 18.1. The van der Waals surface area contributed by atoms with Gasteiger partial charge in [-0.1, -0.05) is 41.9 Å². The van der Waals surface area contributed by atoms with Gasteiger partial charge in [0, 0.05) is 29.6 Å². The summed E-state index contributed by atoms with van der Waals surface area (Å²) >= 11 is 7.23. The fourth-order valence-electron chi connectivity index (χ4n) is 3.26. The summed E-state index contributed by atoms with van der Waals surface area (Å²) in [6, 6.07) is 19.0. The van der Waals surface area contributed by atoms with Gasteiger partial charge in [0.2, 0.25) is 0 Å². The smallest absolute Gasteiger partial charge is 0.358 e. The molecule has 0 radical (unpaired) electrons. The average Bonchev–Trinajstić information content (AvgIpc) is 3.32. The molecule has 33 heavy (non-hydrogen) atoms. The summed E-state index contributed by atoms with van der Waals surface area (Å²) in [5.74, 6) is -0.135. The fourth-order valence-corrected chi connectivity index (χ4v) is 4.19. The third-order valence-electron chi connectivity index (χ3n) is 5.09. The number of carbonyl (C=O) groups excluding carboxylic acids is 2. The lowest BCUT2D eigenvalue weighted by Crippen LogP contribution is -2.30. The van der Waals surface area contributed by atoms with Gasteiger partial charge in [0.15, 0.2) is 12.3 Å². The van der Waals surface area contributed by atoms with Crippen LogP contribution in [0.4, 0.5) is 0 Å². The van der Waals surface area contributed by atoms with Crippen LogP contribution in [-0.4, -0.2) is 42.5 Å². The minimum Gasteiger partial charge on any atom is -0.497 e. The second-order valence-corrected chi connectivity index (χ2v) is 8.71. The summed E-state index contributed by atoms with van der Waals surface area (Å²) in [6.45, 7) is 0.0453. The maximum atomic E-state index is 12.5. The van der Waals surface area contributed by atoms with Gasteiger partial charge in [-0.05, 0) is 46.7 Å². The van der Waals surface area contributed by atoms with Gasteiger partial charge in [0.1, 0.15) is 10.8 Å². The number of hydrogen-bond acceptors (Lipinski definition) is 6. The number of methoxy groups -OCH3 is 1. The fraction of sp³-hybridized carbons (Fsp3) is 0.160. The first kappa shape index (κ1) is 22.8. The number of carbonyl (C=O) groups is 2. The van der Waals surface area contributed by atoms with Crippen molar-refractivity contribution in [1.82, 2.24) is 9.88 Å². The van der Waals surface area contributed by atoms with Gasteiger partial charge in [-0.2, -0.15) is 0 Å². The van der Waals surface area contributed by atoms with Crippen molar-refractivity contribution in [2.24, 2.45) is 0 Å². The Kier molecular flexibility index (Phi) is 6.91. The first-order valence-electron chi connectivity index (χ1n) is 10.1. The number of fused-ring (bicyclic) bond motifs is 1. The zero-order valence-corrected chi connectivity index (χ0v) is 19.7. The Morgan fingerprint density at radius 3 is 2.52 bits per heavy atom. The SMILES string of the molecule is COc1ccc2cc(CN(C)C(=O)COC(=O)c3csc(-c4ccc(Cl)cc4)n3)ccc2c1. The van der Waals surface area contributed by atoms with Crippen molar-refractivity contribution in [2.75, 3.05) is 20.8 Å². The molecule has 0 saturated carbocycles. The Balaban J connectivity index is 1.33. The molecule has 8 heteroatoms. The van der Waals surface area contributed by atoms with Crippen LogP contribution in [0.5, 0.6) is 5.75 Å². The number of rotatable bonds is 7. The van der Waals surface area contributed by atoms with E-state index in [2.05, 4.69) is 4.98 Å². The predicted octanol–water partition coefficient (Wildman–Crippen LogP) is 5.44. The lowest BCUT2D eigenvalue weighted by molar-refractivity contribution is -0.133. The number of amides is 1. The Labute approximate surface area is 200 Å². The van der Waals surface area contributed by atoms with E-state index in [1.54, 1.807) is 31.7 Å². The Morgan fingerprint density at radius 1 is 1.03 bits per heavy atom. The number of thiazole rings is 1. The minimum atomic E-state index is -0.632. The normalized spacial score (nSPS) is 10.8. The second kappa shape index (κ2) is 10.0. The van der Waals surface area contributed by atoms with Crippen molar-refractivity contribution in [1.29, 1.82) is 0 Å². The third kappa shape index (κ3) is 5.50. The monoisotopic (exact) mass is 480 g/mol. The molecule has 4 aromatic rings. The Hall–Kier alpha value is -3.42. The summed E-state index contributed by atoms with van der Waals surface area (Å²) in [5.41, 5.74) is 2.00. The topological polar surface area (TPSA) is 68.7 Å². The van der Waals surface area contributed by atoms with Gasteiger partial charge >= 0.3 is 5.97 Å². The molecule has 0 atom stereocenters. The van der Waals surface area contributed by atoms with E-state index in [-0.39, 0.29) is 18.2 Å². The van der Waals surface area contributed by atoms with Gasteiger partial charge in [-0.25, -0.2) is 9.78 Å². The molecule has 0 bridgehead atoms. The lowest BCUT2D eigenvalue weighted by atomic mass is 10.1. The van der Waals surface area contributed by atoms with Crippen LogP contribution >= 0.6 is 22.9 Å². The number of hydrogen-bond donors (Lipinski definition) is 0. The molecule has 168 valence electrons. The molecule has 1 amide bonds. The van der Waals surface area contributed by atoms with Crippen LogP contribution in [0.1, 0.15) is 16.1 Å². The molecular weight excluding hydrogens is 460 g/mol. The van der Waals surface area contributed by atoms with Crippen LogP contribution in [0.3, 0.4) is 0 Å². The number of likely N-dealkylation sites (N-methyl/N-ethyl adjacent to an activating group) is 1. The van der Waals surface area contributed by atoms with E-state index in [1.165, 1.54) is 16.2 Å². The molecule has 6 nitrogen and oxygen atoms in total. The van der Waals surface area contributed by atoms with Gasteiger partial charge in [0.05, 0.1) is 7.11 Å². The van der Waals surface area contributed by atoms with Crippen molar-refractivity contribution in [3.8, 4) is 16.3 Å². The number of ether oxygens (including phenoxy) is 2. The molecule has 0 aliphatic heterocycles. The second-order valence-electron chi connectivity index (χ2n) is 7.42. The zero-order chi connectivity index (χ0) is 23.4. The van der Waals surface area contributed by atoms with Gasteiger partial charge in [0.25, 0.3) is 5.91 Å². The first-order valence-corrected chi connectivity index (χ1v) is 11.4. The highest BCUT2D eigenvalue weighted by Gasteiger charge is 2.17. The minimum absolute atomic E-state index is 0.172. The number of aromatic nitrogens is 1. The maximum Gasteiger partial charge on any atom is 0.358 e. The van der Waals surface area contributed by atoms with Crippen LogP contribution in [0, 0.1) is 0 Å². The van der Waals surface area contributed by atoms with Crippen molar-refractivity contribution < 1.29 is 19.1 Å². The highest BCUT2D eigenvalue weighted by molar-refractivity contribution is 7.13. The van der Waals surface area contributed by atoms with Crippen molar-refractivity contribution >= 4 is 45.6 Å². The first-order chi connectivity index (χ1) is 15.9. The maximum absolute atomic E-state index is 12.5. The molecule has 0 spiro atoms. The summed E-state index contributed by atoms with van der Waals surface area (Å²) in [5, 5.41) is 5.03. The molecule has 3 aromatic carbocycles. The summed E-state index contributed by atoms with van der Waals surface area (Å²) in [6.07, 6.45) is 0. The Morgan fingerprint density at radius 2 is 1.76 bits per heavy atom. The number of esters is 1. The van der Waals surface area contributed by atoms with E-state index in [9.17, 15) is 9.59 Å². The van der Waals surface area contributed by atoms with Crippen LogP contribution in [0.2, 0.25) is 5.02 Å². The Bertz CT molecular complexity index is 1300. The van der Waals surface area contributed by atoms with Crippen LogP contribution < -0.4 is 4.74 Å². The van der Waals surface area contributed by atoms with Crippen molar-refractivity contribution in [3.63, 3.8) is 0 Å².